The van der Waals surface area contributed by atoms with Crippen LogP contribution in [0.3, 0.4) is 0 Å². The monoisotopic (exact) mass is 806 g/mol. The van der Waals surface area contributed by atoms with Crippen molar-refractivity contribution in [2.45, 2.75) is 77.6 Å². The molecule has 2 aliphatic rings. The number of fused-ring (bicyclic) bond motifs is 6. The van der Waals surface area contributed by atoms with Crippen molar-refractivity contribution in [2.24, 2.45) is 0 Å². The molecule has 6 radical (unpaired) electrons. The molecule has 0 unspecified atom stereocenters. The minimum Gasteiger partial charge on any atom is -0.542 e. The first-order chi connectivity index (χ1) is 25.9. The van der Waals surface area contributed by atoms with Crippen molar-refractivity contribution in [3.05, 3.63) is 115 Å². The summed E-state index contributed by atoms with van der Waals surface area (Å²) in [5, 5.41) is 0. The van der Waals surface area contributed by atoms with Crippen LogP contribution in [0.1, 0.15) is 82.9 Å². The van der Waals surface area contributed by atoms with Gasteiger partial charge in [-0.15, -0.1) is 12.8 Å². The predicted molar refractivity (Wildman–Crippen MR) is 219 cm³/mol. The third-order valence-corrected chi connectivity index (χ3v) is 11.0. The van der Waals surface area contributed by atoms with Crippen LogP contribution in [0.2, 0.25) is 0 Å². The third-order valence-electron chi connectivity index (χ3n) is 11.0. The zero-order valence-corrected chi connectivity index (χ0v) is 35.4. The van der Waals surface area contributed by atoms with Crippen LogP contribution in [0.15, 0.2) is 58.1 Å². The molecule has 2 aliphatic carbocycles. The Balaban J connectivity index is 0.000000246. The van der Waals surface area contributed by atoms with Crippen molar-refractivity contribution in [1.82, 2.24) is 0 Å². The van der Waals surface area contributed by atoms with Crippen LogP contribution < -0.4 is 36.0 Å². The van der Waals surface area contributed by atoms with E-state index in [1.807, 2.05) is 24.5 Å². The van der Waals surface area contributed by atoms with E-state index < -0.39 is 0 Å². The molecule has 7 nitrogen and oxygen atoms in total. The molecular weight excluding hydrogens is 762 g/mol. The summed E-state index contributed by atoms with van der Waals surface area (Å²) in [7, 11) is 17.5. The van der Waals surface area contributed by atoms with Crippen LogP contribution in [-0.4, -0.2) is 56.2 Å². The van der Waals surface area contributed by atoms with E-state index in [0.29, 0.717) is 48.4 Å². The number of ether oxygens (including phenoxy) is 3. The third kappa shape index (κ3) is 9.12. The molecule has 0 bridgehead atoms. The van der Waals surface area contributed by atoms with Gasteiger partial charge in [-0.2, -0.15) is 0 Å². The molecule has 0 aromatic heterocycles. The fourth-order valence-electron chi connectivity index (χ4n) is 7.89. The zero-order valence-electron chi connectivity index (χ0n) is 32.6. The second-order valence-corrected chi connectivity index (χ2v) is 14.0. The van der Waals surface area contributed by atoms with Gasteiger partial charge in [0.05, 0.1) is 21.3 Å². The first kappa shape index (κ1) is 44.0. The number of benzene rings is 2. The largest absolute Gasteiger partial charge is 0.542 e. The van der Waals surface area contributed by atoms with Crippen molar-refractivity contribution in [1.29, 1.82) is 0 Å². The van der Waals surface area contributed by atoms with Crippen molar-refractivity contribution in [3.63, 3.8) is 0 Å². The number of methoxy groups -OCH3 is 3. The van der Waals surface area contributed by atoms with Gasteiger partial charge >= 0.3 is 0 Å². The molecule has 276 valence electrons. The van der Waals surface area contributed by atoms with Crippen molar-refractivity contribution >= 4 is 45.7 Å². The standard InChI is InChI=1S/C23H24B2O5.C21H20BO2.Y/c1-5-15(26)10-13-6-7-14-11-20(28-2)22(29-3)23(30-4)21(14)16-8-9-18(25-24)19(27)12-17(13)16;1-12-10-16-5-4-15(8-9-23)18-11-20(24)19(22)7-6-17(18)21(16)14(3)13(12)2;/h8-9,11-13H,1,5-7,10H2,2-4H3;6-7,10-11,15H,4-5,8H2,1-3H3;/q2*-1;/t13-;15-;/m11./s1. The maximum Gasteiger partial charge on any atom is 0.203 e. The summed E-state index contributed by atoms with van der Waals surface area (Å²) >= 11 is 0. The fraction of sp³-hybridized carbons (Fsp3) is 0.341. The Hall–Kier alpha value is -3.74. The van der Waals surface area contributed by atoms with Gasteiger partial charge in [-0.25, -0.2) is 0 Å². The average Bonchev–Trinajstić information content (AvgIpc) is 3.55. The van der Waals surface area contributed by atoms with E-state index >= 15 is 0 Å². The molecule has 0 N–H and O–H groups in total. The number of hydrogen-bond donors (Lipinski definition) is 0. The van der Waals surface area contributed by atoms with Crippen LogP contribution in [0.4, 0.5) is 0 Å². The Morgan fingerprint density at radius 3 is 2.04 bits per heavy atom. The second-order valence-electron chi connectivity index (χ2n) is 14.0. The van der Waals surface area contributed by atoms with Crippen molar-refractivity contribution in [2.75, 3.05) is 21.3 Å². The molecule has 0 saturated heterocycles. The maximum atomic E-state index is 12.7. The van der Waals surface area contributed by atoms with Crippen LogP contribution in [0, 0.1) is 27.7 Å². The second kappa shape index (κ2) is 19.4. The van der Waals surface area contributed by atoms with Gasteiger partial charge < -0.3 is 30.7 Å². The van der Waals surface area contributed by atoms with E-state index in [1.165, 1.54) is 35.0 Å². The summed E-state index contributed by atoms with van der Waals surface area (Å²) in [6.45, 7) is 10.1. The van der Waals surface area contributed by atoms with Crippen LogP contribution in [0.25, 0.3) is 22.3 Å². The molecule has 0 heterocycles. The summed E-state index contributed by atoms with van der Waals surface area (Å²) in [4.78, 5) is 48.3. The van der Waals surface area contributed by atoms with Gasteiger partial charge in [-0.05, 0) is 132 Å². The number of carbonyl (C=O) groups excluding carboxylic acids is 2. The number of carbonyl (C=O) groups is 1. The van der Waals surface area contributed by atoms with Crippen LogP contribution in [-0.2, 0) is 55.1 Å². The molecule has 4 aromatic rings. The Labute approximate surface area is 353 Å². The number of aryl methyl sites for hydroxylation is 3. The Morgan fingerprint density at radius 1 is 0.818 bits per heavy atom. The molecule has 4 aromatic carbocycles. The molecule has 0 aliphatic heterocycles. The van der Waals surface area contributed by atoms with Gasteiger partial charge in [0.15, 0.2) is 22.4 Å². The zero-order chi connectivity index (χ0) is 39.3. The first-order valence-corrected chi connectivity index (χ1v) is 18.2. The van der Waals surface area contributed by atoms with E-state index in [0.717, 1.165) is 46.2 Å². The van der Waals surface area contributed by atoms with Crippen molar-refractivity contribution < 1.29 is 56.5 Å². The first-order valence-electron chi connectivity index (χ1n) is 18.2. The van der Waals surface area contributed by atoms with E-state index in [2.05, 4.69) is 33.8 Å². The molecule has 0 fully saturated rings. The van der Waals surface area contributed by atoms with E-state index in [9.17, 15) is 19.2 Å². The van der Waals surface area contributed by atoms with E-state index in [1.54, 1.807) is 45.6 Å². The molecule has 0 amide bonds. The normalized spacial score (nSPS) is 15.0. The Morgan fingerprint density at radius 2 is 1.42 bits per heavy atom. The van der Waals surface area contributed by atoms with Crippen molar-refractivity contribution in [3.8, 4) is 39.5 Å². The quantitative estimate of drug-likeness (QED) is 0.167. The molecule has 0 saturated carbocycles. The molecular formula is C44H44B3O7Y-2. The number of ketones is 1. The number of rotatable bonds is 9. The van der Waals surface area contributed by atoms with Crippen LogP contribution >= 0.6 is 0 Å². The van der Waals surface area contributed by atoms with Gasteiger partial charge in [0.1, 0.15) is 20.8 Å². The summed E-state index contributed by atoms with van der Waals surface area (Å²) in [6, 6.07) is 14.6. The average molecular weight is 806 g/mol. The SMILES string of the molecule is [B][B]c1ccc2c(cc1=O)[C@@H](CC(=O)C[CH2-])CCc1cc(OC)c(OC)c(OC)c1-2.[B]c1ccc2c(cc1=O)[C@@H](C[C-]=O)CCc1cc(C)c(C)c(C)c1-2.[Y]. The number of hydrogen-bond acceptors (Lipinski definition) is 7. The summed E-state index contributed by atoms with van der Waals surface area (Å²) in [5.74, 6) is 1.54. The van der Waals surface area contributed by atoms with Gasteiger partial charge in [-0.3, -0.25) is 15.9 Å². The van der Waals surface area contributed by atoms with Crippen LogP contribution in [0.5, 0.6) is 17.2 Å². The molecule has 0 spiro atoms. The number of Topliss-reactive ketones (excluding diaryl/α,β-unsaturated/α-hetero) is 1. The predicted octanol–water partition coefficient (Wildman–Crippen LogP) is 5.33. The fourth-order valence-corrected chi connectivity index (χ4v) is 7.89. The topological polar surface area (TPSA) is 96.0 Å². The molecule has 11 heteroatoms. The summed E-state index contributed by atoms with van der Waals surface area (Å²) in [5.41, 5.74) is 11.9. The Kier molecular flexibility index (Phi) is 15.5. The minimum atomic E-state index is -0.186. The summed E-state index contributed by atoms with van der Waals surface area (Å²) in [6.07, 6.45) is 6.01. The minimum absolute atomic E-state index is 0. The smallest absolute Gasteiger partial charge is 0.203 e. The van der Waals surface area contributed by atoms with E-state index in [4.69, 9.17) is 29.8 Å². The molecule has 2 atom stereocenters. The van der Waals surface area contributed by atoms with Gasteiger partial charge in [0.2, 0.25) is 5.75 Å². The molecule has 6 rings (SSSR count). The van der Waals surface area contributed by atoms with Gasteiger partial charge in [0.25, 0.3) is 0 Å². The van der Waals surface area contributed by atoms with E-state index in [-0.39, 0.29) is 73.1 Å². The Bertz CT molecular complexity index is 2220. The van der Waals surface area contributed by atoms with Gasteiger partial charge in [0, 0.05) is 52.4 Å². The summed E-state index contributed by atoms with van der Waals surface area (Å²) < 4.78 is 16.9. The molecule has 55 heavy (non-hydrogen) atoms. The van der Waals surface area contributed by atoms with Gasteiger partial charge in [-0.1, -0.05) is 41.3 Å². The maximum absolute atomic E-state index is 12.7.